The van der Waals surface area contributed by atoms with Crippen molar-refractivity contribution in [3.63, 3.8) is 0 Å². The van der Waals surface area contributed by atoms with E-state index in [-0.39, 0.29) is 5.91 Å². The van der Waals surface area contributed by atoms with Crippen LogP contribution in [-0.4, -0.2) is 22.2 Å². The number of nitrogens with zero attached hydrogens (tertiary/aromatic N) is 3. The zero-order valence-electron chi connectivity index (χ0n) is 12.5. The number of benzene rings is 2. The number of anilines is 3. The van der Waals surface area contributed by atoms with Crippen molar-refractivity contribution in [2.75, 3.05) is 16.8 Å². The van der Waals surface area contributed by atoms with Crippen LogP contribution < -0.4 is 10.2 Å². The fourth-order valence-corrected chi connectivity index (χ4v) is 2.81. The van der Waals surface area contributed by atoms with Crippen LogP contribution in [0.25, 0.3) is 0 Å². The molecule has 1 aliphatic heterocycles. The number of carbonyl (C=O) groups is 1. The lowest BCUT2D eigenvalue weighted by atomic mass is 10.2. The highest BCUT2D eigenvalue weighted by Crippen LogP contribution is 2.31. The van der Waals surface area contributed by atoms with Gasteiger partial charge in [-0.05, 0) is 24.3 Å². The molecule has 0 radical (unpaired) electrons. The Balaban J connectivity index is 1.56. The first kappa shape index (κ1) is 13.6. The molecule has 5 heteroatoms. The van der Waals surface area contributed by atoms with E-state index in [9.17, 15) is 4.79 Å². The molecule has 2 aromatic carbocycles. The van der Waals surface area contributed by atoms with E-state index >= 15 is 0 Å². The van der Waals surface area contributed by atoms with Crippen LogP contribution in [0.15, 0.2) is 66.7 Å². The van der Waals surface area contributed by atoms with Crippen molar-refractivity contribution in [1.82, 2.24) is 9.78 Å². The normalized spacial score (nSPS) is 13.0. The fraction of sp³-hybridized carbons (Fsp3) is 0.111. The summed E-state index contributed by atoms with van der Waals surface area (Å²) >= 11 is 0. The van der Waals surface area contributed by atoms with E-state index in [2.05, 4.69) is 27.4 Å². The van der Waals surface area contributed by atoms with Gasteiger partial charge in [0.2, 0.25) is 0 Å². The number of hydrogen-bond acceptors (Lipinski definition) is 3. The molecule has 0 saturated carbocycles. The smallest absolute Gasteiger partial charge is 0.256 e. The zero-order chi connectivity index (χ0) is 15.6. The Kier molecular flexibility index (Phi) is 3.31. The third-order valence-corrected chi connectivity index (χ3v) is 3.92. The highest BCUT2D eigenvalue weighted by Gasteiger charge is 2.23. The average Bonchev–Trinajstić information content (AvgIpc) is 3.16. The van der Waals surface area contributed by atoms with Crippen LogP contribution in [0.1, 0.15) is 10.4 Å². The van der Waals surface area contributed by atoms with E-state index in [0.29, 0.717) is 11.4 Å². The summed E-state index contributed by atoms with van der Waals surface area (Å²) in [5.41, 5.74) is 1.76. The van der Waals surface area contributed by atoms with E-state index in [4.69, 9.17) is 0 Å². The van der Waals surface area contributed by atoms with Crippen LogP contribution in [0, 0.1) is 0 Å². The Hall–Kier alpha value is -3.08. The number of hydrogen-bond donors (Lipinski definition) is 1. The molecule has 1 amide bonds. The Bertz CT molecular complexity index is 827. The number of rotatable bonds is 3. The summed E-state index contributed by atoms with van der Waals surface area (Å²) in [5, 5.41) is 7.34. The minimum Gasteiger partial charge on any atom is -0.325 e. The van der Waals surface area contributed by atoms with E-state index in [1.807, 2.05) is 47.1 Å². The van der Waals surface area contributed by atoms with Crippen molar-refractivity contribution in [2.45, 2.75) is 6.54 Å². The number of aromatic nitrogens is 2. The Morgan fingerprint density at radius 2 is 1.65 bits per heavy atom. The molecule has 3 aromatic rings. The van der Waals surface area contributed by atoms with Crippen molar-refractivity contribution >= 4 is 23.2 Å². The largest absolute Gasteiger partial charge is 0.325 e. The molecule has 0 atom stereocenters. The van der Waals surface area contributed by atoms with Crippen molar-refractivity contribution in [2.24, 2.45) is 0 Å². The second-order valence-corrected chi connectivity index (χ2v) is 5.42. The van der Waals surface area contributed by atoms with Gasteiger partial charge in [0.05, 0.1) is 6.54 Å². The lowest BCUT2D eigenvalue weighted by Crippen LogP contribution is -2.14. The number of carbonyl (C=O) groups excluding carboxylic acids is 1. The molecule has 1 aromatic heterocycles. The quantitative estimate of drug-likeness (QED) is 0.808. The van der Waals surface area contributed by atoms with Crippen LogP contribution in [0.5, 0.6) is 0 Å². The molecule has 0 spiro atoms. The topological polar surface area (TPSA) is 50.2 Å². The number of nitrogens with one attached hydrogen (secondary N) is 1. The molecule has 5 nitrogen and oxygen atoms in total. The van der Waals surface area contributed by atoms with Gasteiger partial charge in [0.1, 0.15) is 5.82 Å². The highest BCUT2D eigenvalue weighted by atomic mass is 16.1. The first-order valence-corrected chi connectivity index (χ1v) is 7.58. The van der Waals surface area contributed by atoms with Crippen LogP contribution >= 0.6 is 0 Å². The first-order valence-electron chi connectivity index (χ1n) is 7.58. The van der Waals surface area contributed by atoms with Gasteiger partial charge < -0.3 is 10.2 Å². The molecule has 0 bridgehead atoms. The summed E-state index contributed by atoms with van der Waals surface area (Å²) in [6.45, 7) is 1.70. The minimum absolute atomic E-state index is 0.145. The second-order valence-electron chi connectivity index (χ2n) is 5.42. The number of para-hydroxylation sites is 1. The van der Waals surface area contributed by atoms with Gasteiger partial charge in [-0.2, -0.15) is 5.10 Å². The van der Waals surface area contributed by atoms with Gasteiger partial charge in [-0.25, -0.2) is 4.68 Å². The fourth-order valence-electron chi connectivity index (χ4n) is 2.81. The maximum absolute atomic E-state index is 12.2. The number of amides is 1. The predicted molar refractivity (Wildman–Crippen MR) is 90.1 cm³/mol. The van der Waals surface area contributed by atoms with Gasteiger partial charge in [-0.3, -0.25) is 4.79 Å². The van der Waals surface area contributed by atoms with Crippen LogP contribution in [0.4, 0.5) is 17.3 Å². The summed E-state index contributed by atoms with van der Waals surface area (Å²) in [4.78, 5) is 14.4. The van der Waals surface area contributed by atoms with Gasteiger partial charge in [0, 0.05) is 23.9 Å². The molecule has 1 aliphatic rings. The molecule has 0 fully saturated rings. The lowest BCUT2D eigenvalue weighted by Gasteiger charge is -2.16. The zero-order valence-corrected chi connectivity index (χ0v) is 12.5. The monoisotopic (exact) mass is 304 g/mol. The average molecular weight is 304 g/mol. The maximum atomic E-state index is 12.2. The van der Waals surface area contributed by atoms with E-state index in [1.54, 1.807) is 12.1 Å². The van der Waals surface area contributed by atoms with Gasteiger partial charge >= 0.3 is 0 Å². The first-order chi connectivity index (χ1) is 11.3. The van der Waals surface area contributed by atoms with Crippen LogP contribution in [0.2, 0.25) is 0 Å². The summed E-state index contributed by atoms with van der Waals surface area (Å²) in [6.07, 6.45) is 0. The summed E-state index contributed by atoms with van der Waals surface area (Å²) in [6, 6.07) is 21.3. The Morgan fingerprint density at radius 1 is 0.957 bits per heavy atom. The van der Waals surface area contributed by atoms with Crippen LogP contribution in [-0.2, 0) is 6.54 Å². The molecule has 23 heavy (non-hydrogen) atoms. The van der Waals surface area contributed by atoms with Crippen molar-refractivity contribution in [1.29, 1.82) is 0 Å². The van der Waals surface area contributed by atoms with Gasteiger partial charge in [0.15, 0.2) is 5.82 Å². The molecule has 0 saturated heterocycles. The summed E-state index contributed by atoms with van der Waals surface area (Å²) in [5.74, 6) is 1.43. The molecular formula is C18H16N4O. The van der Waals surface area contributed by atoms with E-state index in [1.165, 1.54) is 0 Å². The standard InChI is InChI=1S/C18H16N4O/c23-18(14-7-3-1-4-8-14)19-16-13-17-21(11-12-22(17)20-16)15-9-5-2-6-10-15/h1-10,13H,11-12H2,(H,19,20,23). The SMILES string of the molecule is O=C(Nc1cc2n(n1)CCN2c1ccccc1)c1ccccc1. The Labute approximate surface area is 134 Å². The molecule has 0 aliphatic carbocycles. The van der Waals surface area contributed by atoms with Gasteiger partial charge in [-0.1, -0.05) is 36.4 Å². The van der Waals surface area contributed by atoms with E-state index in [0.717, 1.165) is 24.6 Å². The molecular weight excluding hydrogens is 288 g/mol. The second kappa shape index (κ2) is 5.61. The van der Waals surface area contributed by atoms with Crippen molar-refractivity contribution in [3.05, 3.63) is 72.3 Å². The van der Waals surface area contributed by atoms with Gasteiger partial charge in [-0.15, -0.1) is 0 Å². The molecule has 4 rings (SSSR count). The third-order valence-electron chi connectivity index (χ3n) is 3.92. The highest BCUT2D eigenvalue weighted by molar-refractivity contribution is 6.03. The minimum atomic E-state index is -0.145. The molecule has 1 N–H and O–H groups in total. The summed E-state index contributed by atoms with van der Waals surface area (Å²) in [7, 11) is 0. The molecule has 0 unspecified atom stereocenters. The molecule has 114 valence electrons. The lowest BCUT2D eigenvalue weighted by molar-refractivity contribution is 0.102. The third kappa shape index (κ3) is 2.57. The predicted octanol–water partition coefficient (Wildman–Crippen LogP) is 3.29. The van der Waals surface area contributed by atoms with Crippen molar-refractivity contribution < 1.29 is 4.79 Å². The number of fused-ring (bicyclic) bond motifs is 1. The summed E-state index contributed by atoms with van der Waals surface area (Å²) < 4.78 is 1.92. The molecule has 2 heterocycles. The van der Waals surface area contributed by atoms with Crippen LogP contribution in [0.3, 0.4) is 0 Å². The van der Waals surface area contributed by atoms with E-state index < -0.39 is 0 Å². The Morgan fingerprint density at radius 3 is 2.39 bits per heavy atom. The van der Waals surface area contributed by atoms with Gasteiger partial charge in [0.25, 0.3) is 5.91 Å². The maximum Gasteiger partial charge on any atom is 0.256 e. The van der Waals surface area contributed by atoms with Crippen molar-refractivity contribution in [3.8, 4) is 0 Å².